The third-order valence-electron chi connectivity index (χ3n) is 4.27. The van der Waals surface area contributed by atoms with Crippen LogP contribution in [0.4, 0.5) is 0 Å². The van der Waals surface area contributed by atoms with Crippen LogP contribution in [0.25, 0.3) is 32.9 Å². The maximum absolute atomic E-state index is 12.4. The molecule has 0 aliphatic carbocycles. The standard InChI is InChI=1S/C21H13NO3/c1-24-15-7-4-6-14(11-15)19-17-10-9-13-5-2-3-8-16(13)20(17)25-21(23)18(19)12-22/h2-11H,1H3. The van der Waals surface area contributed by atoms with Gasteiger partial charge in [0.15, 0.2) is 0 Å². The molecule has 0 radical (unpaired) electrons. The smallest absolute Gasteiger partial charge is 0.354 e. The summed E-state index contributed by atoms with van der Waals surface area (Å²) in [6, 6.07) is 20.8. The van der Waals surface area contributed by atoms with Crippen LogP contribution in [0.2, 0.25) is 0 Å². The Morgan fingerprint density at radius 3 is 2.64 bits per heavy atom. The van der Waals surface area contributed by atoms with Gasteiger partial charge in [-0.15, -0.1) is 0 Å². The van der Waals surface area contributed by atoms with E-state index in [4.69, 9.17) is 9.15 Å². The zero-order valence-electron chi connectivity index (χ0n) is 13.4. The molecule has 0 bridgehead atoms. The van der Waals surface area contributed by atoms with Crippen molar-refractivity contribution < 1.29 is 9.15 Å². The first-order valence-corrected chi connectivity index (χ1v) is 7.76. The summed E-state index contributed by atoms with van der Waals surface area (Å²) in [5.41, 5.74) is 1.16. The lowest BCUT2D eigenvalue weighted by Gasteiger charge is -2.11. The molecule has 0 aliphatic heterocycles. The van der Waals surface area contributed by atoms with Crippen LogP contribution in [0.5, 0.6) is 5.75 Å². The number of ether oxygens (including phenoxy) is 1. The third kappa shape index (κ3) is 2.34. The van der Waals surface area contributed by atoms with Gasteiger partial charge in [-0.1, -0.05) is 42.5 Å². The van der Waals surface area contributed by atoms with Crippen LogP contribution in [-0.4, -0.2) is 7.11 Å². The number of hydrogen-bond acceptors (Lipinski definition) is 4. The highest BCUT2D eigenvalue weighted by molar-refractivity contribution is 6.09. The van der Waals surface area contributed by atoms with Gasteiger partial charge < -0.3 is 9.15 Å². The van der Waals surface area contributed by atoms with Crippen molar-refractivity contribution in [3.8, 4) is 22.9 Å². The first-order valence-electron chi connectivity index (χ1n) is 7.76. The second-order valence-corrected chi connectivity index (χ2v) is 5.65. The highest BCUT2D eigenvalue weighted by atomic mass is 16.5. The summed E-state index contributed by atoms with van der Waals surface area (Å²) in [5.74, 6) is 0.656. The Labute approximate surface area is 143 Å². The van der Waals surface area contributed by atoms with Crippen molar-refractivity contribution in [1.29, 1.82) is 5.26 Å². The van der Waals surface area contributed by atoms with Gasteiger partial charge in [0, 0.05) is 16.3 Å². The van der Waals surface area contributed by atoms with E-state index in [2.05, 4.69) is 0 Å². The van der Waals surface area contributed by atoms with E-state index >= 15 is 0 Å². The first-order chi connectivity index (χ1) is 12.2. The molecule has 4 aromatic rings. The van der Waals surface area contributed by atoms with Gasteiger partial charge >= 0.3 is 5.63 Å². The molecule has 1 aromatic heterocycles. The molecule has 0 amide bonds. The molecule has 1 heterocycles. The molecule has 3 aromatic carbocycles. The molecule has 0 aliphatic rings. The molecule has 0 fully saturated rings. The molecule has 0 atom stereocenters. The Kier molecular flexibility index (Phi) is 3.48. The van der Waals surface area contributed by atoms with Crippen molar-refractivity contribution in [3.05, 3.63) is 76.6 Å². The van der Waals surface area contributed by atoms with Gasteiger partial charge in [-0.05, 0) is 29.1 Å². The van der Waals surface area contributed by atoms with Gasteiger partial charge in [-0.2, -0.15) is 5.26 Å². The predicted molar refractivity (Wildman–Crippen MR) is 96.7 cm³/mol. The highest BCUT2D eigenvalue weighted by Crippen LogP contribution is 2.35. The van der Waals surface area contributed by atoms with Gasteiger partial charge in [-0.3, -0.25) is 0 Å². The van der Waals surface area contributed by atoms with Crippen molar-refractivity contribution in [1.82, 2.24) is 0 Å². The molecule has 0 N–H and O–H groups in total. The van der Waals surface area contributed by atoms with E-state index < -0.39 is 5.63 Å². The minimum atomic E-state index is -0.635. The Bertz CT molecular complexity index is 1220. The number of nitriles is 1. The van der Waals surface area contributed by atoms with Gasteiger partial charge in [-0.25, -0.2) is 4.79 Å². The average Bonchev–Trinajstić information content (AvgIpc) is 2.67. The fraction of sp³-hybridized carbons (Fsp3) is 0.0476. The zero-order chi connectivity index (χ0) is 17.4. The van der Waals surface area contributed by atoms with Crippen molar-refractivity contribution >= 4 is 21.7 Å². The molecule has 4 rings (SSSR count). The van der Waals surface area contributed by atoms with Crippen LogP contribution in [0.15, 0.2) is 69.9 Å². The summed E-state index contributed by atoms with van der Waals surface area (Å²) in [6.45, 7) is 0. The highest BCUT2D eigenvalue weighted by Gasteiger charge is 2.18. The number of methoxy groups -OCH3 is 1. The van der Waals surface area contributed by atoms with E-state index in [9.17, 15) is 10.1 Å². The summed E-state index contributed by atoms with van der Waals surface area (Å²) in [4.78, 5) is 12.4. The van der Waals surface area contributed by atoms with Crippen molar-refractivity contribution in [3.63, 3.8) is 0 Å². The maximum atomic E-state index is 12.4. The predicted octanol–water partition coefficient (Wildman–Crippen LogP) is 4.49. The average molecular weight is 327 g/mol. The first kappa shape index (κ1) is 15.0. The van der Waals surface area contributed by atoms with E-state index in [1.165, 1.54) is 0 Å². The molecule has 0 unspecified atom stereocenters. The molecule has 4 nitrogen and oxygen atoms in total. The molecule has 4 heteroatoms. The van der Waals surface area contributed by atoms with E-state index in [1.807, 2.05) is 66.7 Å². The van der Waals surface area contributed by atoms with Crippen LogP contribution in [-0.2, 0) is 0 Å². The van der Waals surface area contributed by atoms with Gasteiger partial charge in [0.25, 0.3) is 0 Å². The van der Waals surface area contributed by atoms with Crippen molar-refractivity contribution in [2.24, 2.45) is 0 Å². The Morgan fingerprint density at radius 2 is 1.84 bits per heavy atom. The minimum absolute atomic E-state index is 0.00367. The van der Waals surface area contributed by atoms with E-state index in [1.54, 1.807) is 7.11 Å². The molecule has 25 heavy (non-hydrogen) atoms. The topological polar surface area (TPSA) is 63.2 Å². The lowest BCUT2D eigenvalue weighted by atomic mass is 9.95. The summed E-state index contributed by atoms with van der Waals surface area (Å²) >= 11 is 0. The van der Waals surface area contributed by atoms with Crippen molar-refractivity contribution in [2.45, 2.75) is 0 Å². The fourth-order valence-electron chi connectivity index (χ4n) is 3.11. The lowest BCUT2D eigenvalue weighted by molar-refractivity contribution is 0.415. The van der Waals surface area contributed by atoms with Crippen LogP contribution in [0.3, 0.4) is 0 Å². The normalized spacial score (nSPS) is 10.7. The summed E-state index contributed by atoms with van der Waals surface area (Å²) in [7, 11) is 1.58. The van der Waals surface area contributed by atoms with E-state index in [-0.39, 0.29) is 5.56 Å². The van der Waals surface area contributed by atoms with Crippen molar-refractivity contribution in [2.75, 3.05) is 7.11 Å². The Balaban J connectivity index is 2.20. The minimum Gasteiger partial charge on any atom is -0.497 e. The van der Waals surface area contributed by atoms with Crippen LogP contribution in [0, 0.1) is 11.3 Å². The van der Waals surface area contributed by atoms with Gasteiger partial charge in [0.2, 0.25) is 0 Å². The molecule has 0 saturated heterocycles. The summed E-state index contributed by atoms with van der Waals surface area (Å²) < 4.78 is 10.8. The number of rotatable bonds is 2. The van der Waals surface area contributed by atoms with Crippen LogP contribution >= 0.6 is 0 Å². The van der Waals surface area contributed by atoms with Crippen LogP contribution in [0.1, 0.15) is 5.56 Å². The molecular formula is C21H13NO3. The fourth-order valence-corrected chi connectivity index (χ4v) is 3.11. The number of benzene rings is 3. The Morgan fingerprint density at radius 1 is 1.00 bits per heavy atom. The molecule has 0 saturated carbocycles. The summed E-state index contributed by atoms with van der Waals surface area (Å²) in [6.07, 6.45) is 0. The number of fused-ring (bicyclic) bond motifs is 3. The summed E-state index contributed by atoms with van der Waals surface area (Å²) in [5, 5.41) is 12.1. The number of hydrogen-bond donors (Lipinski definition) is 0. The molecule has 120 valence electrons. The second kappa shape index (κ2) is 5.81. The monoisotopic (exact) mass is 327 g/mol. The van der Waals surface area contributed by atoms with Gasteiger partial charge in [0.05, 0.1) is 7.11 Å². The quantitative estimate of drug-likeness (QED) is 0.402. The Hall–Kier alpha value is -3.58. The largest absolute Gasteiger partial charge is 0.497 e. The van der Waals surface area contributed by atoms with E-state index in [0.29, 0.717) is 16.9 Å². The zero-order valence-corrected chi connectivity index (χ0v) is 13.4. The third-order valence-corrected chi connectivity index (χ3v) is 4.27. The number of nitrogens with zero attached hydrogens (tertiary/aromatic N) is 1. The second-order valence-electron chi connectivity index (χ2n) is 5.65. The van der Waals surface area contributed by atoms with Crippen LogP contribution < -0.4 is 10.4 Å². The van der Waals surface area contributed by atoms with Gasteiger partial charge in [0.1, 0.15) is 23.0 Å². The molecular weight excluding hydrogens is 314 g/mol. The lowest BCUT2D eigenvalue weighted by Crippen LogP contribution is -2.07. The SMILES string of the molecule is COc1cccc(-c2c(C#N)c(=O)oc3c2ccc2ccccc23)c1. The molecule has 0 spiro atoms. The maximum Gasteiger partial charge on any atom is 0.354 e. The van der Waals surface area contributed by atoms with E-state index in [0.717, 1.165) is 21.7 Å².